The Morgan fingerprint density at radius 3 is 2.71 bits per heavy atom. The third-order valence-corrected chi connectivity index (χ3v) is 2.92. The Balaban J connectivity index is 2.68. The number of urea groups is 1. The maximum atomic E-state index is 12.2. The fourth-order valence-electron chi connectivity index (χ4n) is 1.86. The summed E-state index contributed by atoms with van der Waals surface area (Å²) in [4.78, 5) is 24.3. The second-order valence-electron chi connectivity index (χ2n) is 4.91. The van der Waals surface area contributed by atoms with Crippen molar-refractivity contribution in [2.45, 2.75) is 32.7 Å². The molecule has 2 amide bonds. The Kier molecular flexibility index (Phi) is 6.21. The molecule has 0 saturated heterocycles. The summed E-state index contributed by atoms with van der Waals surface area (Å²) in [5.41, 5.74) is 1.01. The van der Waals surface area contributed by atoms with Gasteiger partial charge in [-0.2, -0.15) is 5.26 Å². The van der Waals surface area contributed by atoms with E-state index in [0.29, 0.717) is 24.2 Å². The van der Waals surface area contributed by atoms with Crippen molar-refractivity contribution in [2.75, 3.05) is 11.9 Å². The molecule has 0 unspecified atom stereocenters. The minimum absolute atomic E-state index is 0.0282. The molecule has 6 heteroatoms. The van der Waals surface area contributed by atoms with Crippen molar-refractivity contribution in [3.8, 4) is 6.07 Å². The summed E-state index contributed by atoms with van der Waals surface area (Å²) in [6.07, 6.45) is 0.430. The van der Waals surface area contributed by atoms with Crippen molar-refractivity contribution < 1.29 is 14.7 Å². The zero-order chi connectivity index (χ0) is 15.8. The summed E-state index contributed by atoms with van der Waals surface area (Å²) in [7, 11) is 0. The maximum Gasteiger partial charge on any atom is 0.322 e. The summed E-state index contributed by atoms with van der Waals surface area (Å²) in [6.45, 7) is 4.10. The molecule has 1 aromatic carbocycles. The lowest BCUT2D eigenvalue weighted by Gasteiger charge is -2.26. The molecule has 0 spiro atoms. The molecular weight excluding hydrogens is 270 g/mol. The van der Waals surface area contributed by atoms with E-state index in [1.54, 1.807) is 29.2 Å². The summed E-state index contributed by atoms with van der Waals surface area (Å²) < 4.78 is 0. The molecule has 112 valence electrons. The number of rotatable bonds is 6. The molecule has 0 aromatic heterocycles. The van der Waals surface area contributed by atoms with E-state index in [-0.39, 0.29) is 18.5 Å². The lowest BCUT2D eigenvalue weighted by molar-refractivity contribution is -0.137. The third kappa shape index (κ3) is 5.53. The van der Waals surface area contributed by atoms with Gasteiger partial charge in [-0.05, 0) is 38.5 Å². The van der Waals surface area contributed by atoms with Crippen LogP contribution in [-0.4, -0.2) is 34.6 Å². The molecular formula is C15H19N3O3. The van der Waals surface area contributed by atoms with E-state index in [4.69, 9.17) is 10.4 Å². The highest BCUT2D eigenvalue weighted by Crippen LogP contribution is 2.12. The first-order valence-corrected chi connectivity index (χ1v) is 6.73. The SMILES string of the molecule is CC(C)N(CCCC(=O)O)C(=O)Nc1cccc(C#N)c1. The van der Waals surface area contributed by atoms with Gasteiger partial charge in [0.05, 0.1) is 11.6 Å². The van der Waals surface area contributed by atoms with Gasteiger partial charge in [0.2, 0.25) is 0 Å². The van der Waals surface area contributed by atoms with Crippen molar-refractivity contribution in [1.82, 2.24) is 4.90 Å². The summed E-state index contributed by atoms with van der Waals surface area (Å²) in [5, 5.41) is 20.2. The smallest absolute Gasteiger partial charge is 0.322 e. The molecule has 0 atom stereocenters. The molecule has 0 radical (unpaired) electrons. The standard InChI is InChI=1S/C15H19N3O3/c1-11(2)18(8-4-7-14(19)20)15(21)17-13-6-3-5-12(9-13)10-16/h3,5-6,9,11H,4,7-8H2,1-2H3,(H,17,21)(H,19,20). The Labute approximate surface area is 124 Å². The van der Waals surface area contributed by atoms with Gasteiger partial charge in [0.1, 0.15) is 0 Å². The summed E-state index contributed by atoms with van der Waals surface area (Å²) in [6, 6.07) is 8.31. The van der Waals surface area contributed by atoms with Crippen LogP contribution in [0, 0.1) is 11.3 Å². The number of aliphatic carboxylic acids is 1. The van der Waals surface area contributed by atoms with Crippen LogP contribution in [0.1, 0.15) is 32.3 Å². The molecule has 0 aliphatic heterocycles. The number of carbonyl (C=O) groups is 2. The van der Waals surface area contributed by atoms with Gasteiger partial charge in [0, 0.05) is 24.7 Å². The number of nitrogens with one attached hydrogen (secondary N) is 1. The van der Waals surface area contributed by atoms with Gasteiger partial charge in [0.15, 0.2) is 0 Å². The number of carbonyl (C=O) groups excluding carboxylic acids is 1. The number of anilines is 1. The highest BCUT2D eigenvalue weighted by atomic mass is 16.4. The van der Waals surface area contributed by atoms with Gasteiger partial charge in [-0.25, -0.2) is 4.79 Å². The molecule has 1 aromatic rings. The van der Waals surface area contributed by atoms with Crippen molar-refractivity contribution >= 4 is 17.7 Å². The zero-order valence-corrected chi connectivity index (χ0v) is 12.2. The number of carboxylic acid groups (broad SMARTS) is 1. The van der Waals surface area contributed by atoms with Gasteiger partial charge < -0.3 is 15.3 Å². The van der Waals surface area contributed by atoms with Crippen molar-refractivity contribution in [1.29, 1.82) is 5.26 Å². The molecule has 0 heterocycles. The first kappa shape index (κ1) is 16.5. The number of benzene rings is 1. The molecule has 2 N–H and O–H groups in total. The number of nitrogens with zero attached hydrogens (tertiary/aromatic N) is 2. The summed E-state index contributed by atoms with van der Waals surface area (Å²) >= 11 is 0. The van der Waals surface area contributed by atoms with Gasteiger partial charge >= 0.3 is 12.0 Å². The van der Waals surface area contributed by atoms with Gasteiger partial charge in [-0.1, -0.05) is 6.07 Å². The number of amides is 2. The Morgan fingerprint density at radius 2 is 2.14 bits per heavy atom. The van der Waals surface area contributed by atoms with Crippen LogP contribution in [0.5, 0.6) is 0 Å². The summed E-state index contributed by atoms with van der Waals surface area (Å²) in [5.74, 6) is -0.874. The molecule has 6 nitrogen and oxygen atoms in total. The predicted molar refractivity (Wildman–Crippen MR) is 78.9 cm³/mol. The fraction of sp³-hybridized carbons (Fsp3) is 0.400. The molecule has 0 saturated carbocycles. The lowest BCUT2D eigenvalue weighted by Crippen LogP contribution is -2.40. The van der Waals surface area contributed by atoms with E-state index < -0.39 is 5.97 Å². The van der Waals surface area contributed by atoms with Crippen LogP contribution in [0.15, 0.2) is 24.3 Å². The van der Waals surface area contributed by atoms with Crippen LogP contribution >= 0.6 is 0 Å². The van der Waals surface area contributed by atoms with Crippen LogP contribution in [0.2, 0.25) is 0 Å². The predicted octanol–water partition coefficient (Wildman–Crippen LogP) is 2.67. The minimum atomic E-state index is -0.874. The van der Waals surface area contributed by atoms with Gasteiger partial charge in [-0.15, -0.1) is 0 Å². The molecule has 1 rings (SSSR count). The first-order valence-electron chi connectivity index (χ1n) is 6.73. The molecule has 0 aliphatic rings. The van der Waals surface area contributed by atoms with E-state index in [2.05, 4.69) is 5.32 Å². The molecule has 0 aliphatic carbocycles. The maximum absolute atomic E-state index is 12.2. The van der Waals surface area contributed by atoms with Crippen LogP contribution < -0.4 is 5.32 Å². The van der Waals surface area contributed by atoms with E-state index in [9.17, 15) is 9.59 Å². The van der Waals surface area contributed by atoms with Gasteiger partial charge in [0.25, 0.3) is 0 Å². The topological polar surface area (TPSA) is 93.4 Å². The molecule has 0 bridgehead atoms. The minimum Gasteiger partial charge on any atom is -0.481 e. The van der Waals surface area contributed by atoms with E-state index in [1.165, 1.54) is 0 Å². The number of hydrogen-bond acceptors (Lipinski definition) is 3. The first-order chi connectivity index (χ1) is 9.93. The van der Waals surface area contributed by atoms with Crippen LogP contribution in [0.3, 0.4) is 0 Å². The number of hydrogen-bond donors (Lipinski definition) is 2. The van der Waals surface area contributed by atoms with Crippen molar-refractivity contribution in [2.24, 2.45) is 0 Å². The fourth-order valence-corrected chi connectivity index (χ4v) is 1.86. The molecule has 0 fully saturated rings. The van der Waals surface area contributed by atoms with Crippen molar-refractivity contribution in [3.63, 3.8) is 0 Å². The van der Waals surface area contributed by atoms with Gasteiger partial charge in [-0.3, -0.25) is 4.79 Å². The highest BCUT2D eigenvalue weighted by Gasteiger charge is 2.17. The Hall–Kier alpha value is -2.55. The van der Waals surface area contributed by atoms with Crippen LogP contribution in [0.25, 0.3) is 0 Å². The average Bonchev–Trinajstić information content (AvgIpc) is 2.42. The Bertz CT molecular complexity index is 549. The Morgan fingerprint density at radius 1 is 1.43 bits per heavy atom. The van der Waals surface area contributed by atoms with Crippen molar-refractivity contribution in [3.05, 3.63) is 29.8 Å². The second-order valence-corrected chi connectivity index (χ2v) is 4.91. The van der Waals surface area contributed by atoms with E-state index >= 15 is 0 Å². The number of nitriles is 1. The largest absolute Gasteiger partial charge is 0.481 e. The average molecular weight is 289 g/mol. The van der Waals surface area contributed by atoms with Crippen LogP contribution in [0.4, 0.5) is 10.5 Å². The molecule has 21 heavy (non-hydrogen) atoms. The van der Waals surface area contributed by atoms with Crippen LogP contribution in [-0.2, 0) is 4.79 Å². The second kappa shape index (κ2) is 7.90. The lowest BCUT2D eigenvalue weighted by atomic mass is 10.2. The monoisotopic (exact) mass is 289 g/mol. The quantitative estimate of drug-likeness (QED) is 0.841. The van der Waals surface area contributed by atoms with E-state index in [0.717, 1.165) is 0 Å². The number of carboxylic acids is 1. The zero-order valence-electron chi connectivity index (χ0n) is 12.2. The van der Waals surface area contributed by atoms with E-state index in [1.807, 2.05) is 19.9 Å². The highest BCUT2D eigenvalue weighted by molar-refractivity contribution is 5.89. The third-order valence-electron chi connectivity index (χ3n) is 2.92. The normalized spacial score (nSPS) is 10.0.